The molecule has 2 heterocycles. The molecule has 2 aromatic carbocycles. The van der Waals surface area contributed by atoms with Crippen LogP contribution in [0.4, 0.5) is 5.00 Å². The van der Waals surface area contributed by atoms with Crippen LogP contribution >= 0.6 is 11.5 Å². The van der Waals surface area contributed by atoms with Crippen LogP contribution in [0.1, 0.15) is 16.1 Å². The molecule has 3 aromatic rings. The molecule has 4 rings (SSSR count). The van der Waals surface area contributed by atoms with Crippen molar-refractivity contribution in [2.24, 2.45) is 0 Å². The van der Waals surface area contributed by atoms with E-state index >= 15 is 0 Å². The largest absolute Gasteiger partial charge is 0.378 e. The summed E-state index contributed by atoms with van der Waals surface area (Å²) in [5.41, 5.74) is 1.41. The van der Waals surface area contributed by atoms with Gasteiger partial charge in [0.1, 0.15) is 10.7 Å². The highest BCUT2D eigenvalue weighted by Crippen LogP contribution is 2.25. The van der Waals surface area contributed by atoms with E-state index in [4.69, 9.17) is 4.74 Å². The highest BCUT2D eigenvalue weighted by atomic mass is 32.1. The minimum Gasteiger partial charge on any atom is -0.378 e. The lowest BCUT2D eigenvalue weighted by molar-refractivity contribution is 0.104. The number of fused-ring (bicyclic) bond motifs is 1. The first-order valence-corrected chi connectivity index (χ1v) is 8.95. The van der Waals surface area contributed by atoms with Crippen LogP contribution in [0.15, 0.2) is 48.5 Å². The maximum Gasteiger partial charge on any atom is 0.185 e. The number of hydrogen-bond acceptors (Lipinski definition) is 6. The van der Waals surface area contributed by atoms with Crippen LogP contribution in [0.5, 0.6) is 0 Å². The Morgan fingerprint density at radius 3 is 2.76 bits per heavy atom. The predicted octanol–water partition coefficient (Wildman–Crippen LogP) is 3.42. The number of nitrogens with zero attached hydrogens (tertiary/aromatic N) is 3. The smallest absolute Gasteiger partial charge is 0.185 e. The Morgan fingerprint density at radius 2 is 1.92 bits per heavy atom. The number of carbonyl (C=O) groups excluding carboxylic acids is 1. The first-order valence-electron chi connectivity index (χ1n) is 8.17. The lowest BCUT2D eigenvalue weighted by atomic mass is 10.0. The second-order valence-corrected chi connectivity index (χ2v) is 6.55. The number of allylic oxidation sites excluding steroid dienone is 1. The average molecular weight is 351 g/mol. The Balaban J connectivity index is 1.55. The standard InChI is InChI=1S/C19H17N3O2S/c23-18(16-6-5-14-3-1-2-4-15(14)13-16)8-7-17-19(25-21-20-17)22-9-11-24-12-10-22/h1-8,13H,9-12H2. The van der Waals surface area contributed by atoms with Gasteiger partial charge in [-0.2, -0.15) is 0 Å². The van der Waals surface area contributed by atoms with E-state index in [-0.39, 0.29) is 5.78 Å². The van der Waals surface area contributed by atoms with Crippen LogP contribution in [0.3, 0.4) is 0 Å². The summed E-state index contributed by atoms with van der Waals surface area (Å²) in [4.78, 5) is 14.7. The fourth-order valence-electron chi connectivity index (χ4n) is 2.88. The maximum absolute atomic E-state index is 12.5. The monoisotopic (exact) mass is 351 g/mol. The third-order valence-corrected chi connectivity index (χ3v) is 5.02. The predicted molar refractivity (Wildman–Crippen MR) is 100 cm³/mol. The molecular weight excluding hydrogens is 334 g/mol. The molecule has 0 bridgehead atoms. The van der Waals surface area contributed by atoms with E-state index in [1.807, 2.05) is 42.5 Å². The number of ketones is 1. The lowest BCUT2D eigenvalue weighted by Gasteiger charge is -2.27. The van der Waals surface area contributed by atoms with Crippen LogP contribution in [0.2, 0.25) is 0 Å². The van der Waals surface area contributed by atoms with Crippen molar-refractivity contribution in [3.8, 4) is 0 Å². The molecule has 0 spiro atoms. The summed E-state index contributed by atoms with van der Waals surface area (Å²) >= 11 is 1.35. The first-order chi connectivity index (χ1) is 12.3. The molecule has 0 unspecified atom stereocenters. The summed E-state index contributed by atoms with van der Waals surface area (Å²) in [5, 5.41) is 7.33. The molecule has 0 N–H and O–H groups in total. The van der Waals surface area contributed by atoms with Gasteiger partial charge in [-0.05, 0) is 29.0 Å². The molecule has 25 heavy (non-hydrogen) atoms. The van der Waals surface area contributed by atoms with Crippen molar-refractivity contribution < 1.29 is 9.53 Å². The van der Waals surface area contributed by atoms with Gasteiger partial charge in [-0.25, -0.2) is 0 Å². The number of aromatic nitrogens is 2. The van der Waals surface area contributed by atoms with Crippen molar-refractivity contribution >= 4 is 39.2 Å². The maximum atomic E-state index is 12.5. The van der Waals surface area contributed by atoms with Gasteiger partial charge in [0.2, 0.25) is 0 Å². The molecular formula is C19H17N3O2S. The highest BCUT2D eigenvalue weighted by Gasteiger charge is 2.17. The van der Waals surface area contributed by atoms with Gasteiger partial charge in [0, 0.05) is 30.2 Å². The van der Waals surface area contributed by atoms with Crippen molar-refractivity contribution in [3.05, 3.63) is 59.8 Å². The Labute approximate surface area is 149 Å². The zero-order valence-corrected chi connectivity index (χ0v) is 14.4. The van der Waals surface area contributed by atoms with Crippen LogP contribution in [-0.2, 0) is 4.74 Å². The van der Waals surface area contributed by atoms with Crippen molar-refractivity contribution in [2.75, 3.05) is 31.2 Å². The lowest BCUT2D eigenvalue weighted by Crippen LogP contribution is -2.36. The third kappa shape index (κ3) is 3.45. The van der Waals surface area contributed by atoms with Crippen molar-refractivity contribution in [3.63, 3.8) is 0 Å². The van der Waals surface area contributed by atoms with Gasteiger partial charge in [-0.15, -0.1) is 5.10 Å². The number of anilines is 1. The Hall–Kier alpha value is -2.57. The summed E-state index contributed by atoms with van der Waals surface area (Å²) in [7, 11) is 0. The van der Waals surface area contributed by atoms with Crippen LogP contribution in [0, 0.1) is 0 Å². The summed E-state index contributed by atoms with van der Waals surface area (Å²) < 4.78 is 9.41. The third-order valence-electron chi connectivity index (χ3n) is 4.22. The zero-order chi connectivity index (χ0) is 17.1. The molecule has 6 heteroatoms. The normalized spacial score (nSPS) is 15.1. The van der Waals surface area contributed by atoms with Gasteiger partial charge in [-0.1, -0.05) is 40.9 Å². The van der Waals surface area contributed by atoms with Gasteiger partial charge >= 0.3 is 0 Å². The molecule has 0 amide bonds. The second kappa shape index (κ2) is 7.13. The number of morpholine rings is 1. The molecule has 0 aliphatic carbocycles. The number of hydrogen-bond donors (Lipinski definition) is 0. The first kappa shape index (κ1) is 15.9. The van der Waals surface area contributed by atoms with Gasteiger partial charge in [-0.3, -0.25) is 4.79 Å². The zero-order valence-electron chi connectivity index (χ0n) is 13.6. The SMILES string of the molecule is O=C(C=Cc1nnsc1N1CCOCC1)c1ccc2ccccc2c1. The number of rotatable bonds is 4. The molecule has 1 aliphatic heterocycles. The minimum absolute atomic E-state index is 0.0355. The fourth-order valence-corrected chi connectivity index (χ4v) is 3.58. The van der Waals surface area contributed by atoms with E-state index in [9.17, 15) is 4.79 Å². The van der Waals surface area contributed by atoms with Gasteiger partial charge < -0.3 is 9.64 Å². The number of benzene rings is 2. The number of carbonyl (C=O) groups is 1. The Bertz CT molecular complexity index is 929. The van der Waals surface area contributed by atoms with Crippen molar-refractivity contribution in [1.29, 1.82) is 0 Å². The summed E-state index contributed by atoms with van der Waals surface area (Å²) in [6.45, 7) is 3.06. The number of ether oxygens (including phenoxy) is 1. The summed E-state index contributed by atoms with van der Waals surface area (Å²) in [5.74, 6) is -0.0355. The molecule has 5 nitrogen and oxygen atoms in total. The fraction of sp³-hybridized carbons (Fsp3) is 0.211. The van der Waals surface area contributed by atoms with Crippen molar-refractivity contribution in [2.45, 2.75) is 0 Å². The topological polar surface area (TPSA) is 55.3 Å². The molecule has 1 fully saturated rings. The van der Waals surface area contributed by atoms with E-state index in [1.54, 1.807) is 12.2 Å². The summed E-state index contributed by atoms with van der Waals surface area (Å²) in [6.07, 6.45) is 3.33. The average Bonchev–Trinajstić information content (AvgIpc) is 3.15. The van der Waals surface area contributed by atoms with Crippen molar-refractivity contribution in [1.82, 2.24) is 9.59 Å². The van der Waals surface area contributed by atoms with Gasteiger partial charge in [0.25, 0.3) is 0 Å². The molecule has 1 aromatic heterocycles. The molecule has 1 aliphatic rings. The van der Waals surface area contributed by atoms with E-state index in [1.165, 1.54) is 11.5 Å². The molecule has 0 saturated carbocycles. The molecule has 0 atom stereocenters. The molecule has 126 valence electrons. The molecule has 1 saturated heterocycles. The highest BCUT2D eigenvalue weighted by molar-refractivity contribution is 7.10. The Morgan fingerprint density at radius 1 is 1.12 bits per heavy atom. The van der Waals surface area contributed by atoms with Gasteiger partial charge in [0.05, 0.1) is 13.2 Å². The quantitative estimate of drug-likeness (QED) is 0.532. The van der Waals surface area contributed by atoms with E-state index in [2.05, 4.69) is 14.5 Å². The second-order valence-electron chi connectivity index (χ2n) is 5.82. The van der Waals surface area contributed by atoms with E-state index in [0.29, 0.717) is 18.8 Å². The Kier molecular flexibility index (Phi) is 4.54. The van der Waals surface area contributed by atoms with E-state index in [0.717, 1.165) is 34.6 Å². The van der Waals surface area contributed by atoms with Crippen LogP contribution in [-0.4, -0.2) is 41.7 Å². The van der Waals surface area contributed by atoms with Crippen LogP contribution in [0.25, 0.3) is 16.8 Å². The van der Waals surface area contributed by atoms with Crippen LogP contribution < -0.4 is 4.90 Å². The minimum atomic E-state index is -0.0355. The summed E-state index contributed by atoms with van der Waals surface area (Å²) in [6, 6.07) is 13.8. The van der Waals surface area contributed by atoms with E-state index < -0.39 is 0 Å². The molecule has 0 radical (unpaired) electrons. The van der Waals surface area contributed by atoms with Gasteiger partial charge in [0.15, 0.2) is 5.78 Å².